The summed E-state index contributed by atoms with van der Waals surface area (Å²) in [5, 5.41) is 9.34. The molecule has 1 aromatic rings. The average molecular weight is 287 g/mol. The maximum atomic E-state index is 12.6. The van der Waals surface area contributed by atoms with Crippen LogP contribution >= 0.6 is 0 Å². The molecule has 1 saturated carbocycles. The first-order chi connectivity index (χ1) is 10.2. The number of carbonyl (C=O) groups excluding carboxylic acids is 1. The molecule has 1 aliphatic heterocycles. The molecule has 1 aliphatic carbocycles. The summed E-state index contributed by atoms with van der Waals surface area (Å²) in [4.78, 5) is 25.6. The summed E-state index contributed by atoms with van der Waals surface area (Å²) in [6, 6.07) is 7.38. The molecule has 0 spiro atoms. The number of hydrogen-bond acceptors (Lipinski definition) is 2. The van der Waals surface area contributed by atoms with Crippen molar-refractivity contribution in [3.63, 3.8) is 0 Å². The van der Waals surface area contributed by atoms with Crippen molar-refractivity contribution in [2.24, 2.45) is 5.92 Å². The van der Waals surface area contributed by atoms with Gasteiger partial charge in [0, 0.05) is 18.7 Å². The van der Waals surface area contributed by atoms with Crippen molar-refractivity contribution in [3.05, 3.63) is 29.8 Å². The zero-order valence-corrected chi connectivity index (χ0v) is 12.1. The van der Waals surface area contributed by atoms with Crippen molar-refractivity contribution < 1.29 is 14.7 Å². The van der Waals surface area contributed by atoms with Crippen LogP contribution in [0.3, 0.4) is 0 Å². The molecule has 0 aromatic heterocycles. The van der Waals surface area contributed by atoms with E-state index in [-0.39, 0.29) is 12.5 Å². The van der Waals surface area contributed by atoms with Crippen LogP contribution in [0.25, 0.3) is 0 Å². The molecule has 1 heterocycles. The molecule has 4 heteroatoms. The van der Waals surface area contributed by atoms with Gasteiger partial charge in [-0.25, -0.2) is 0 Å². The van der Waals surface area contributed by atoms with Gasteiger partial charge in [-0.1, -0.05) is 37.5 Å². The lowest BCUT2D eigenvalue weighted by Crippen LogP contribution is -2.32. The number of carboxylic acid groups (broad SMARTS) is 1. The van der Waals surface area contributed by atoms with Crippen LogP contribution in [0.4, 0.5) is 5.69 Å². The fourth-order valence-electron chi connectivity index (χ4n) is 3.60. The normalized spacial score (nSPS) is 22.1. The number of carboxylic acids is 1. The van der Waals surface area contributed by atoms with Crippen LogP contribution in [-0.4, -0.2) is 23.5 Å². The van der Waals surface area contributed by atoms with Crippen molar-refractivity contribution in [1.29, 1.82) is 0 Å². The summed E-state index contributed by atoms with van der Waals surface area (Å²) in [5.41, 5.74) is 1.55. The number of para-hydroxylation sites is 1. The number of nitrogens with zero attached hydrogens (tertiary/aromatic N) is 1. The molecule has 1 N–H and O–H groups in total. The number of carbonyl (C=O) groups is 2. The predicted molar refractivity (Wildman–Crippen MR) is 80.4 cm³/mol. The Hall–Kier alpha value is -1.84. The van der Waals surface area contributed by atoms with Gasteiger partial charge in [0.25, 0.3) is 0 Å². The van der Waals surface area contributed by atoms with Crippen molar-refractivity contribution in [1.82, 2.24) is 0 Å². The fourth-order valence-corrected chi connectivity index (χ4v) is 3.60. The van der Waals surface area contributed by atoms with Gasteiger partial charge in [-0.05, 0) is 30.4 Å². The molecule has 0 saturated heterocycles. The second-order valence-electron chi connectivity index (χ2n) is 6.16. The first-order valence-electron chi connectivity index (χ1n) is 7.79. The second kappa shape index (κ2) is 5.88. The summed E-state index contributed by atoms with van der Waals surface area (Å²) in [6.07, 6.45) is 6.52. The van der Waals surface area contributed by atoms with Gasteiger partial charge in [0.15, 0.2) is 0 Å². The van der Waals surface area contributed by atoms with Crippen LogP contribution in [-0.2, 0) is 9.59 Å². The van der Waals surface area contributed by atoms with Crippen LogP contribution in [0, 0.1) is 5.92 Å². The highest BCUT2D eigenvalue weighted by molar-refractivity contribution is 5.99. The van der Waals surface area contributed by atoms with Gasteiger partial charge in [0.2, 0.25) is 5.91 Å². The molecule has 3 rings (SSSR count). The third-order valence-electron chi connectivity index (χ3n) is 4.76. The molecule has 1 amide bonds. The molecule has 1 atom stereocenters. The number of hydrogen-bond donors (Lipinski definition) is 1. The summed E-state index contributed by atoms with van der Waals surface area (Å²) in [7, 11) is 0. The minimum absolute atomic E-state index is 0.0816. The molecule has 0 bridgehead atoms. The highest BCUT2D eigenvalue weighted by Gasteiger charge is 2.36. The first kappa shape index (κ1) is 14.1. The largest absolute Gasteiger partial charge is 0.481 e. The Morgan fingerprint density at radius 2 is 1.86 bits per heavy atom. The summed E-state index contributed by atoms with van der Waals surface area (Å²) >= 11 is 0. The quantitative estimate of drug-likeness (QED) is 0.929. The van der Waals surface area contributed by atoms with E-state index in [1.54, 1.807) is 4.90 Å². The minimum Gasteiger partial charge on any atom is -0.481 e. The fraction of sp³-hybridized carbons (Fsp3) is 0.529. The van der Waals surface area contributed by atoms with Crippen LogP contribution in [0.15, 0.2) is 24.3 Å². The van der Waals surface area contributed by atoms with Crippen LogP contribution in [0.2, 0.25) is 0 Å². The monoisotopic (exact) mass is 287 g/mol. The minimum atomic E-state index is -0.851. The van der Waals surface area contributed by atoms with E-state index in [1.165, 1.54) is 19.3 Å². The predicted octanol–water partition coefficient (Wildman–Crippen LogP) is 3.17. The maximum Gasteiger partial charge on any atom is 0.312 e. The molecule has 0 radical (unpaired) electrons. The van der Waals surface area contributed by atoms with E-state index in [0.717, 1.165) is 24.1 Å². The highest BCUT2D eigenvalue weighted by atomic mass is 16.4. The lowest BCUT2D eigenvalue weighted by Gasteiger charge is -2.24. The zero-order chi connectivity index (χ0) is 14.8. The summed E-state index contributed by atoms with van der Waals surface area (Å²) in [5.74, 6) is -0.882. The van der Waals surface area contributed by atoms with Gasteiger partial charge in [0.1, 0.15) is 5.92 Å². The average Bonchev–Trinajstić information content (AvgIpc) is 2.88. The van der Waals surface area contributed by atoms with E-state index < -0.39 is 11.9 Å². The topological polar surface area (TPSA) is 57.6 Å². The zero-order valence-electron chi connectivity index (χ0n) is 12.1. The Labute approximate surface area is 124 Å². The van der Waals surface area contributed by atoms with Crippen molar-refractivity contribution in [3.8, 4) is 0 Å². The number of amides is 1. The second-order valence-corrected chi connectivity index (χ2v) is 6.16. The SMILES string of the molecule is O=C(O)C1CN(C(=O)CC2CCCCC2)c2ccccc21. The molecule has 112 valence electrons. The Bertz CT molecular complexity index is 549. The third kappa shape index (κ3) is 2.80. The number of anilines is 1. The van der Waals surface area contributed by atoms with Gasteiger partial charge in [0.05, 0.1) is 0 Å². The van der Waals surface area contributed by atoms with Crippen LogP contribution in [0.5, 0.6) is 0 Å². The Morgan fingerprint density at radius 3 is 2.57 bits per heavy atom. The number of rotatable bonds is 3. The molecular formula is C17H21NO3. The Morgan fingerprint density at radius 1 is 1.14 bits per heavy atom. The summed E-state index contributed by atoms with van der Waals surface area (Å²) < 4.78 is 0. The molecule has 1 unspecified atom stereocenters. The highest BCUT2D eigenvalue weighted by Crippen LogP contribution is 2.37. The van der Waals surface area contributed by atoms with E-state index in [0.29, 0.717) is 12.3 Å². The first-order valence-corrected chi connectivity index (χ1v) is 7.79. The molecule has 1 aromatic carbocycles. The lowest BCUT2D eigenvalue weighted by molar-refractivity contribution is -0.138. The Kier molecular flexibility index (Phi) is 3.95. The smallest absolute Gasteiger partial charge is 0.312 e. The number of fused-ring (bicyclic) bond motifs is 1. The third-order valence-corrected chi connectivity index (χ3v) is 4.76. The maximum absolute atomic E-state index is 12.6. The van der Waals surface area contributed by atoms with E-state index in [1.807, 2.05) is 24.3 Å². The van der Waals surface area contributed by atoms with Crippen LogP contribution < -0.4 is 4.90 Å². The van der Waals surface area contributed by atoms with E-state index in [2.05, 4.69) is 0 Å². The van der Waals surface area contributed by atoms with Gasteiger partial charge < -0.3 is 10.0 Å². The van der Waals surface area contributed by atoms with Gasteiger partial charge >= 0.3 is 5.97 Å². The molecule has 1 fully saturated rings. The van der Waals surface area contributed by atoms with Crippen molar-refractivity contribution in [2.45, 2.75) is 44.4 Å². The molecule has 2 aliphatic rings. The van der Waals surface area contributed by atoms with Gasteiger partial charge in [-0.3, -0.25) is 9.59 Å². The molecule has 4 nitrogen and oxygen atoms in total. The van der Waals surface area contributed by atoms with Crippen molar-refractivity contribution in [2.75, 3.05) is 11.4 Å². The Balaban J connectivity index is 1.76. The molecule has 21 heavy (non-hydrogen) atoms. The molecular weight excluding hydrogens is 266 g/mol. The van der Waals surface area contributed by atoms with E-state index >= 15 is 0 Å². The summed E-state index contributed by atoms with van der Waals surface area (Å²) in [6.45, 7) is 0.278. The van der Waals surface area contributed by atoms with Gasteiger partial charge in [-0.15, -0.1) is 0 Å². The van der Waals surface area contributed by atoms with E-state index in [9.17, 15) is 14.7 Å². The standard InChI is InChI=1S/C17H21NO3/c19-16(10-12-6-2-1-3-7-12)18-11-14(17(20)21)13-8-4-5-9-15(13)18/h4-5,8-9,12,14H,1-3,6-7,10-11H2,(H,20,21). The van der Waals surface area contributed by atoms with E-state index in [4.69, 9.17) is 0 Å². The van der Waals surface area contributed by atoms with Crippen molar-refractivity contribution >= 4 is 17.6 Å². The van der Waals surface area contributed by atoms with Crippen LogP contribution in [0.1, 0.15) is 50.0 Å². The lowest BCUT2D eigenvalue weighted by atomic mass is 9.86. The number of benzene rings is 1. The number of aliphatic carboxylic acids is 1. The van der Waals surface area contributed by atoms with Gasteiger partial charge in [-0.2, -0.15) is 0 Å².